The molecule has 10 aromatic carbocycles. The highest BCUT2D eigenvalue weighted by atomic mass is 16.5. The second-order valence-electron chi connectivity index (χ2n) is 19.6. The number of hydrogen-bond donors (Lipinski definition) is 0. The van der Waals surface area contributed by atoms with E-state index < -0.39 is 0 Å². The smallest absolute Gasteiger partial charge is 0.256 e. The summed E-state index contributed by atoms with van der Waals surface area (Å²) in [6.07, 6.45) is 4.77. The van der Waals surface area contributed by atoms with Crippen LogP contribution in [0.5, 0.6) is 17.2 Å². The van der Waals surface area contributed by atoms with Gasteiger partial charge < -0.3 is 29.1 Å². The molecule has 0 saturated carbocycles. The van der Waals surface area contributed by atoms with E-state index in [4.69, 9.17) is 9.47 Å². The maximum absolute atomic E-state index is 7.48. The Labute approximate surface area is 432 Å². The molecular formula is C66H46B2N4O2. The van der Waals surface area contributed by atoms with Gasteiger partial charge >= 0.3 is 0 Å². The molecule has 348 valence electrons. The van der Waals surface area contributed by atoms with E-state index in [9.17, 15) is 0 Å². The highest BCUT2D eigenvalue weighted by Crippen LogP contribution is 2.51. The number of rotatable bonds is 8. The average Bonchev–Trinajstić information content (AvgIpc) is 3.52. The van der Waals surface area contributed by atoms with Gasteiger partial charge in [-0.05, 0) is 130 Å². The molecule has 1 aliphatic carbocycles. The SMILES string of the molecule is C1=C2Oc3cc4c(cc3B3c5ccccc5N(c5ccccc5)C(C=C1N(c1ccccc1)c1ccccc1)C32)B1c2ccccc2N(c2ccccc2)c2cc(N(c3ccccc3)c3ccccc3)cc(c21)O4. The van der Waals surface area contributed by atoms with Gasteiger partial charge in [-0.2, -0.15) is 0 Å². The van der Waals surface area contributed by atoms with E-state index in [0.717, 1.165) is 90.8 Å². The number of nitrogens with zero attached hydrogens (tertiary/aromatic N) is 4. The van der Waals surface area contributed by atoms with E-state index in [-0.39, 0.29) is 25.3 Å². The van der Waals surface area contributed by atoms with Gasteiger partial charge in [-0.1, -0.05) is 152 Å². The fraction of sp³-hybridized carbons (Fsp3) is 0.0303. The largest absolute Gasteiger partial charge is 0.462 e. The normalized spacial score (nSPS) is 16.1. The minimum atomic E-state index is -0.128. The quantitative estimate of drug-likeness (QED) is 0.141. The third kappa shape index (κ3) is 6.68. The van der Waals surface area contributed by atoms with Crippen molar-refractivity contribution in [1.29, 1.82) is 0 Å². The van der Waals surface area contributed by atoms with Crippen molar-refractivity contribution in [1.82, 2.24) is 0 Å². The first kappa shape index (κ1) is 42.3. The Balaban J connectivity index is 0.957. The molecule has 15 rings (SSSR count). The summed E-state index contributed by atoms with van der Waals surface area (Å²) in [6, 6.07) is 91.3. The van der Waals surface area contributed by atoms with Gasteiger partial charge in [-0.3, -0.25) is 0 Å². The highest BCUT2D eigenvalue weighted by molar-refractivity contribution is 7.00. The van der Waals surface area contributed by atoms with Crippen LogP contribution in [0.25, 0.3) is 0 Å². The summed E-state index contributed by atoms with van der Waals surface area (Å²) in [5, 5.41) is 0. The first-order chi connectivity index (χ1) is 36.7. The fourth-order valence-corrected chi connectivity index (χ4v) is 12.5. The van der Waals surface area contributed by atoms with Crippen molar-refractivity contribution in [2.75, 3.05) is 19.6 Å². The molecule has 0 aromatic heterocycles. The lowest BCUT2D eigenvalue weighted by atomic mass is 9.28. The minimum Gasteiger partial charge on any atom is -0.462 e. The lowest BCUT2D eigenvalue weighted by molar-refractivity contribution is 0.382. The number of fused-ring (bicyclic) bond motifs is 8. The molecule has 0 spiro atoms. The molecule has 0 radical (unpaired) electrons. The van der Waals surface area contributed by atoms with Crippen LogP contribution in [0.1, 0.15) is 0 Å². The zero-order valence-electron chi connectivity index (χ0n) is 40.3. The van der Waals surface area contributed by atoms with Crippen LogP contribution in [0.2, 0.25) is 5.82 Å². The van der Waals surface area contributed by atoms with Crippen molar-refractivity contribution in [2.24, 2.45) is 0 Å². The molecule has 0 amide bonds. The van der Waals surface area contributed by atoms with Crippen LogP contribution in [0.4, 0.5) is 56.9 Å². The molecule has 0 saturated heterocycles. The van der Waals surface area contributed by atoms with E-state index in [0.29, 0.717) is 0 Å². The predicted molar refractivity (Wildman–Crippen MR) is 306 cm³/mol. The lowest BCUT2D eigenvalue weighted by Crippen LogP contribution is -2.64. The van der Waals surface area contributed by atoms with Crippen molar-refractivity contribution >= 4 is 97.6 Å². The van der Waals surface area contributed by atoms with Crippen molar-refractivity contribution in [3.63, 3.8) is 0 Å². The van der Waals surface area contributed by atoms with Gasteiger partial charge in [0.1, 0.15) is 23.0 Å². The van der Waals surface area contributed by atoms with Gasteiger partial charge in [0, 0.05) is 74.8 Å². The molecule has 2 atom stereocenters. The molecule has 4 heterocycles. The maximum atomic E-state index is 7.48. The van der Waals surface area contributed by atoms with Crippen LogP contribution < -0.4 is 56.4 Å². The van der Waals surface area contributed by atoms with Crippen molar-refractivity contribution < 1.29 is 9.47 Å². The summed E-state index contributed by atoms with van der Waals surface area (Å²) >= 11 is 0. The second kappa shape index (κ2) is 17.1. The molecule has 10 aromatic rings. The zero-order valence-corrected chi connectivity index (χ0v) is 40.3. The summed E-state index contributed by atoms with van der Waals surface area (Å²) in [6.45, 7) is -0.152. The Morgan fingerprint density at radius 3 is 1.51 bits per heavy atom. The monoisotopic (exact) mass is 948 g/mol. The van der Waals surface area contributed by atoms with Crippen LogP contribution in [0.3, 0.4) is 0 Å². The molecule has 2 unspecified atom stereocenters. The van der Waals surface area contributed by atoms with Crippen molar-refractivity contribution in [2.45, 2.75) is 11.9 Å². The van der Waals surface area contributed by atoms with E-state index in [1.54, 1.807) is 0 Å². The number of para-hydroxylation sites is 8. The number of anilines is 10. The molecule has 0 fully saturated rings. The third-order valence-electron chi connectivity index (χ3n) is 15.5. The third-order valence-corrected chi connectivity index (χ3v) is 15.5. The van der Waals surface area contributed by atoms with Crippen LogP contribution in [0, 0.1) is 0 Å². The lowest BCUT2D eigenvalue weighted by Gasteiger charge is -2.50. The van der Waals surface area contributed by atoms with Gasteiger partial charge in [-0.25, -0.2) is 0 Å². The molecule has 0 N–H and O–H groups in total. The molecule has 0 bridgehead atoms. The number of benzene rings is 10. The Morgan fingerprint density at radius 2 is 0.892 bits per heavy atom. The molecule has 74 heavy (non-hydrogen) atoms. The topological polar surface area (TPSA) is 31.4 Å². The minimum absolute atomic E-state index is 0.0237. The Hall–Kier alpha value is -9.39. The standard InChI is InChI=1S/C66H46B2N4O2/c1-7-23-45(24-8-1)69(46-25-9-2-10-26-46)51-39-59-65-63(41-51)73-61-44-62-56(43-55(61)67(65)53-35-19-21-37-57(53)71(59)49-31-15-5-16-32-49)68-54-36-20-22-38-58(54)72(50-33-17-6-18-34-50)60-40-52(42-64(74-62)66(60)68)70(47-27-11-3-12-28-47)48-29-13-4-14-30-48/h1-44,59,65H. The highest BCUT2D eigenvalue weighted by Gasteiger charge is 2.53. The summed E-state index contributed by atoms with van der Waals surface area (Å²) in [4.78, 5) is 9.65. The van der Waals surface area contributed by atoms with Gasteiger partial charge in [-0.15, -0.1) is 0 Å². The van der Waals surface area contributed by atoms with Crippen LogP contribution >= 0.6 is 0 Å². The van der Waals surface area contributed by atoms with Gasteiger partial charge in [0.25, 0.3) is 6.71 Å². The van der Waals surface area contributed by atoms with Crippen molar-refractivity contribution in [3.8, 4) is 17.2 Å². The summed E-state index contributed by atoms with van der Waals surface area (Å²) < 4.78 is 14.9. The van der Waals surface area contributed by atoms with E-state index in [2.05, 4.69) is 287 Å². The van der Waals surface area contributed by atoms with E-state index in [1.165, 1.54) is 22.1 Å². The van der Waals surface area contributed by atoms with Gasteiger partial charge in [0.05, 0.1) is 11.7 Å². The Morgan fingerprint density at radius 1 is 0.378 bits per heavy atom. The van der Waals surface area contributed by atoms with Crippen LogP contribution in [-0.2, 0) is 0 Å². The predicted octanol–water partition coefficient (Wildman–Crippen LogP) is 13.1. The van der Waals surface area contributed by atoms with Crippen LogP contribution in [-0.4, -0.2) is 19.5 Å². The molecule has 8 heteroatoms. The molecule has 6 nitrogen and oxygen atoms in total. The zero-order chi connectivity index (χ0) is 48.7. The maximum Gasteiger partial charge on any atom is 0.256 e. The average molecular weight is 949 g/mol. The van der Waals surface area contributed by atoms with Crippen LogP contribution in [0.15, 0.2) is 278 Å². The van der Waals surface area contributed by atoms with Gasteiger partial charge in [0.15, 0.2) is 0 Å². The van der Waals surface area contributed by atoms with Crippen molar-refractivity contribution in [3.05, 3.63) is 278 Å². The number of allylic oxidation sites excluding steroid dienone is 1. The van der Waals surface area contributed by atoms with E-state index >= 15 is 0 Å². The first-order valence-electron chi connectivity index (χ1n) is 25.6. The number of hydrogen-bond acceptors (Lipinski definition) is 6. The Kier molecular flexibility index (Phi) is 9.80. The summed E-state index contributed by atoms with van der Waals surface area (Å²) in [5.74, 6) is 3.32. The van der Waals surface area contributed by atoms with E-state index in [1.807, 2.05) is 0 Å². The summed E-state index contributed by atoms with van der Waals surface area (Å²) in [5.41, 5.74) is 17.9. The molecule has 4 aliphatic heterocycles. The Bertz CT molecular complexity index is 3760. The second-order valence-corrected chi connectivity index (χ2v) is 19.6. The summed E-state index contributed by atoms with van der Waals surface area (Å²) in [7, 11) is 0. The molecule has 5 aliphatic rings. The molecular weight excluding hydrogens is 902 g/mol. The number of ether oxygens (including phenoxy) is 2. The fourth-order valence-electron chi connectivity index (χ4n) is 12.5. The van der Waals surface area contributed by atoms with Gasteiger partial charge in [0.2, 0.25) is 6.71 Å². The first-order valence-corrected chi connectivity index (χ1v) is 25.6.